The van der Waals surface area contributed by atoms with Crippen molar-refractivity contribution in [2.24, 2.45) is 0 Å². The molecule has 2 aliphatic heterocycles. The fourth-order valence-corrected chi connectivity index (χ4v) is 4.66. The molecule has 2 aromatic rings. The molecular weight excluding hydrogens is 418 g/mol. The maximum Gasteiger partial charge on any atom is 0.338 e. The van der Waals surface area contributed by atoms with Crippen molar-refractivity contribution in [3.63, 3.8) is 0 Å². The van der Waals surface area contributed by atoms with Gasteiger partial charge in [0.1, 0.15) is 5.75 Å². The van der Waals surface area contributed by atoms with Crippen molar-refractivity contribution in [3.05, 3.63) is 77.0 Å². The summed E-state index contributed by atoms with van der Waals surface area (Å²) in [5, 5.41) is 5.79. The topological polar surface area (TPSA) is 79.9 Å². The molecule has 2 atom stereocenters. The number of nitrogens with zero attached hydrogens (tertiary/aromatic N) is 1. The van der Waals surface area contributed by atoms with Crippen LogP contribution < -0.4 is 15.4 Å². The molecule has 0 unspecified atom stereocenters. The Labute approximate surface area is 194 Å². The zero-order valence-electron chi connectivity index (χ0n) is 19.2. The first-order valence-corrected chi connectivity index (χ1v) is 11.5. The van der Waals surface area contributed by atoms with Gasteiger partial charge in [0.2, 0.25) is 0 Å². The summed E-state index contributed by atoms with van der Waals surface area (Å²) in [6, 6.07) is 17.0. The third-order valence-electron chi connectivity index (χ3n) is 6.26. The van der Waals surface area contributed by atoms with E-state index >= 15 is 0 Å². The van der Waals surface area contributed by atoms with E-state index in [1.165, 1.54) is 5.56 Å². The highest BCUT2D eigenvalue weighted by molar-refractivity contribution is 5.95. The number of hydrogen-bond donors (Lipinski definition) is 2. The molecule has 7 heteroatoms. The van der Waals surface area contributed by atoms with E-state index in [4.69, 9.17) is 9.47 Å². The Bertz CT molecular complexity index is 1000. The normalized spacial score (nSPS) is 21.2. The van der Waals surface area contributed by atoms with Gasteiger partial charge < -0.3 is 20.1 Å². The Hall–Kier alpha value is -3.32. The van der Waals surface area contributed by atoms with E-state index < -0.39 is 12.0 Å². The van der Waals surface area contributed by atoms with Crippen LogP contribution >= 0.6 is 0 Å². The molecule has 174 valence electrons. The molecule has 1 fully saturated rings. The molecule has 0 aromatic heterocycles. The van der Waals surface area contributed by atoms with Crippen LogP contribution in [-0.2, 0) is 9.53 Å². The molecule has 7 nitrogen and oxygen atoms in total. The average molecular weight is 450 g/mol. The van der Waals surface area contributed by atoms with Crippen molar-refractivity contribution >= 4 is 12.0 Å². The van der Waals surface area contributed by atoms with Gasteiger partial charge in [0.05, 0.1) is 25.3 Å². The summed E-state index contributed by atoms with van der Waals surface area (Å²) < 4.78 is 10.6. The van der Waals surface area contributed by atoms with Crippen molar-refractivity contribution in [2.45, 2.75) is 31.7 Å². The number of piperidine rings is 1. The van der Waals surface area contributed by atoms with E-state index in [0.717, 1.165) is 31.5 Å². The zero-order chi connectivity index (χ0) is 23.2. The summed E-state index contributed by atoms with van der Waals surface area (Å²) in [5.74, 6) is 0.722. The second-order valence-electron chi connectivity index (χ2n) is 8.40. The van der Waals surface area contributed by atoms with Crippen molar-refractivity contribution < 1.29 is 19.1 Å². The Kier molecular flexibility index (Phi) is 7.29. The summed E-state index contributed by atoms with van der Waals surface area (Å²) in [7, 11) is 1.60. The predicted octanol–water partition coefficient (Wildman–Crippen LogP) is 3.75. The lowest BCUT2D eigenvalue weighted by Crippen LogP contribution is -2.49. The Morgan fingerprint density at radius 2 is 1.85 bits per heavy atom. The molecule has 0 radical (unpaired) electrons. The number of urea groups is 1. The highest BCUT2D eigenvalue weighted by Gasteiger charge is 2.35. The van der Waals surface area contributed by atoms with Gasteiger partial charge >= 0.3 is 12.0 Å². The van der Waals surface area contributed by atoms with E-state index in [2.05, 4.69) is 39.8 Å². The van der Waals surface area contributed by atoms with E-state index in [-0.39, 0.29) is 12.6 Å². The number of carbonyl (C=O) groups excluding carboxylic acids is 2. The van der Waals surface area contributed by atoms with Gasteiger partial charge in [-0.15, -0.1) is 0 Å². The number of esters is 1. The molecule has 0 saturated carbocycles. The fourth-order valence-electron chi connectivity index (χ4n) is 4.66. The molecule has 0 aliphatic carbocycles. The summed E-state index contributed by atoms with van der Waals surface area (Å²) in [5.41, 5.74) is 3.18. The number of carbonyl (C=O) groups is 2. The molecule has 2 heterocycles. The maximum absolute atomic E-state index is 13.0. The fraction of sp³-hybridized carbons (Fsp3) is 0.385. The predicted molar refractivity (Wildman–Crippen MR) is 126 cm³/mol. The van der Waals surface area contributed by atoms with E-state index in [0.29, 0.717) is 29.5 Å². The van der Waals surface area contributed by atoms with E-state index in [1.807, 2.05) is 30.3 Å². The number of nitrogens with one attached hydrogen (secondary N) is 2. The van der Waals surface area contributed by atoms with Gasteiger partial charge in [-0.1, -0.05) is 42.5 Å². The minimum Gasteiger partial charge on any atom is -0.497 e. The first-order chi connectivity index (χ1) is 16.1. The van der Waals surface area contributed by atoms with E-state index in [1.54, 1.807) is 14.0 Å². The minimum atomic E-state index is -0.589. The number of benzene rings is 2. The number of likely N-dealkylation sites (tertiary alicyclic amines) is 1. The van der Waals surface area contributed by atoms with E-state index in [9.17, 15) is 9.59 Å². The third kappa shape index (κ3) is 5.37. The van der Waals surface area contributed by atoms with Crippen molar-refractivity contribution in [1.29, 1.82) is 0 Å². The summed E-state index contributed by atoms with van der Waals surface area (Å²) in [6.45, 7) is 4.32. The standard InChI is InChI=1S/C26H31N3O4/c1-3-33-25(30)23-22(17-29-15-7-10-20(16-29)18-8-5-4-6-9-18)27-26(31)28-24(23)19-11-13-21(32-2)14-12-19/h4-6,8-9,11-14,20,24H,3,7,10,15-17H2,1-2H3,(H2,27,28,31)/t20-,24+/m0/s1. The van der Waals surface area contributed by atoms with Crippen LogP contribution in [0.25, 0.3) is 0 Å². The van der Waals surface area contributed by atoms with Gasteiger partial charge in [0, 0.05) is 18.8 Å². The van der Waals surface area contributed by atoms with Gasteiger partial charge in [-0.3, -0.25) is 4.90 Å². The van der Waals surface area contributed by atoms with Crippen molar-refractivity contribution in [1.82, 2.24) is 15.5 Å². The molecule has 2 aromatic carbocycles. The summed E-state index contributed by atoms with van der Waals surface area (Å²) in [6.07, 6.45) is 2.20. The molecule has 0 bridgehead atoms. The molecule has 2 aliphatic rings. The Balaban J connectivity index is 1.63. The summed E-state index contributed by atoms with van der Waals surface area (Å²) >= 11 is 0. The Morgan fingerprint density at radius 3 is 2.55 bits per heavy atom. The van der Waals surface area contributed by atoms with Crippen LogP contribution in [-0.4, -0.2) is 50.3 Å². The number of hydrogen-bond acceptors (Lipinski definition) is 5. The first kappa shape index (κ1) is 22.9. The lowest BCUT2D eigenvalue weighted by Gasteiger charge is -2.36. The highest BCUT2D eigenvalue weighted by atomic mass is 16.5. The number of amides is 2. The molecule has 33 heavy (non-hydrogen) atoms. The quantitative estimate of drug-likeness (QED) is 0.630. The van der Waals surface area contributed by atoms with Crippen LogP contribution in [0.5, 0.6) is 5.75 Å². The van der Waals surface area contributed by atoms with Gasteiger partial charge in [0.25, 0.3) is 0 Å². The van der Waals surface area contributed by atoms with Gasteiger partial charge in [-0.2, -0.15) is 0 Å². The first-order valence-electron chi connectivity index (χ1n) is 11.5. The number of methoxy groups -OCH3 is 1. The highest BCUT2D eigenvalue weighted by Crippen LogP contribution is 2.31. The number of ether oxygens (including phenoxy) is 2. The van der Waals surface area contributed by atoms with Crippen LogP contribution in [0.3, 0.4) is 0 Å². The zero-order valence-corrected chi connectivity index (χ0v) is 19.2. The monoisotopic (exact) mass is 449 g/mol. The second kappa shape index (κ2) is 10.5. The van der Waals surface area contributed by atoms with Crippen molar-refractivity contribution in [2.75, 3.05) is 33.4 Å². The smallest absolute Gasteiger partial charge is 0.338 e. The van der Waals surface area contributed by atoms with Crippen molar-refractivity contribution in [3.8, 4) is 5.75 Å². The third-order valence-corrected chi connectivity index (χ3v) is 6.26. The van der Waals surface area contributed by atoms with Gasteiger partial charge in [-0.05, 0) is 55.5 Å². The van der Waals surface area contributed by atoms with Crippen LogP contribution in [0.1, 0.15) is 42.9 Å². The number of rotatable bonds is 7. The second-order valence-corrected chi connectivity index (χ2v) is 8.40. The van der Waals surface area contributed by atoms with Crippen LogP contribution in [0.4, 0.5) is 4.79 Å². The molecule has 1 saturated heterocycles. The molecule has 2 amide bonds. The van der Waals surface area contributed by atoms with Crippen LogP contribution in [0, 0.1) is 0 Å². The SMILES string of the molecule is CCOC(=O)C1=C(CN2CCC[C@H](c3ccccc3)C2)NC(=O)N[C@@H]1c1ccc(OC)cc1. The lowest BCUT2D eigenvalue weighted by molar-refractivity contribution is -0.139. The van der Waals surface area contributed by atoms with Crippen LogP contribution in [0.2, 0.25) is 0 Å². The largest absolute Gasteiger partial charge is 0.497 e. The van der Waals surface area contributed by atoms with Gasteiger partial charge in [0.15, 0.2) is 0 Å². The molecular formula is C26H31N3O4. The molecule has 0 spiro atoms. The minimum absolute atomic E-state index is 0.263. The average Bonchev–Trinajstić information content (AvgIpc) is 2.84. The molecule has 2 N–H and O–H groups in total. The lowest BCUT2D eigenvalue weighted by atomic mass is 9.90. The maximum atomic E-state index is 13.0. The molecule has 4 rings (SSSR count). The summed E-state index contributed by atoms with van der Waals surface area (Å²) in [4.78, 5) is 27.9. The van der Waals surface area contributed by atoms with Gasteiger partial charge in [-0.25, -0.2) is 9.59 Å². The Morgan fingerprint density at radius 1 is 1.09 bits per heavy atom. The van der Waals surface area contributed by atoms with Crippen LogP contribution in [0.15, 0.2) is 65.9 Å².